The standard InChI is InChI=1S/C13H18BrNO4S/c1-3-19-13(16)8-9-20(17,18)15(2)10-11-4-6-12(14)7-5-11/h4-7H,3,8-10H2,1-2H3. The van der Waals surface area contributed by atoms with Gasteiger partial charge in [0.05, 0.1) is 18.8 Å². The lowest BCUT2D eigenvalue weighted by Crippen LogP contribution is -2.30. The highest BCUT2D eigenvalue weighted by Crippen LogP contribution is 2.13. The molecule has 0 saturated heterocycles. The molecule has 20 heavy (non-hydrogen) atoms. The van der Waals surface area contributed by atoms with E-state index in [0.29, 0.717) is 0 Å². The molecule has 0 aliphatic heterocycles. The molecular formula is C13H18BrNO4S. The fourth-order valence-electron chi connectivity index (χ4n) is 1.55. The number of esters is 1. The summed E-state index contributed by atoms with van der Waals surface area (Å²) in [6.45, 7) is 2.22. The molecule has 0 unspecified atom stereocenters. The van der Waals surface area contributed by atoms with Crippen molar-refractivity contribution < 1.29 is 17.9 Å². The van der Waals surface area contributed by atoms with Gasteiger partial charge in [0.1, 0.15) is 0 Å². The van der Waals surface area contributed by atoms with Crippen LogP contribution in [0.5, 0.6) is 0 Å². The van der Waals surface area contributed by atoms with Gasteiger partial charge >= 0.3 is 5.97 Å². The summed E-state index contributed by atoms with van der Waals surface area (Å²) < 4.78 is 30.9. The minimum absolute atomic E-state index is 0.124. The summed E-state index contributed by atoms with van der Waals surface area (Å²) >= 11 is 3.32. The predicted octanol–water partition coefficient (Wildman–Crippen LogP) is 2.16. The molecule has 0 saturated carbocycles. The Bertz CT molecular complexity index is 542. The zero-order valence-electron chi connectivity index (χ0n) is 11.5. The summed E-state index contributed by atoms with van der Waals surface area (Å²) in [4.78, 5) is 11.2. The molecule has 0 N–H and O–H groups in total. The maximum atomic E-state index is 12.0. The number of benzene rings is 1. The molecule has 1 aromatic carbocycles. The first kappa shape index (κ1) is 17.1. The van der Waals surface area contributed by atoms with Gasteiger partial charge in [0.15, 0.2) is 0 Å². The van der Waals surface area contributed by atoms with Crippen LogP contribution in [0, 0.1) is 0 Å². The molecule has 0 aliphatic rings. The number of hydrogen-bond acceptors (Lipinski definition) is 4. The topological polar surface area (TPSA) is 63.7 Å². The van der Waals surface area contributed by atoms with Crippen molar-refractivity contribution in [3.63, 3.8) is 0 Å². The number of hydrogen-bond donors (Lipinski definition) is 0. The summed E-state index contributed by atoms with van der Waals surface area (Å²) in [6.07, 6.45) is -0.124. The molecule has 1 rings (SSSR count). The van der Waals surface area contributed by atoms with Gasteiger partial charge in [-0.15, -0.1) is 0 Å². The van der Waals surface area contributed by atoms with E-state index in [1.165, 1.54) is 11.4 Å². The first-order valence-corrected chi connectivity index (χ1v) is 8.59. The number of nitrogens with zero attached hydrogens (tertiary/aromatic N) is 1. The van der Waals surface area contributed by atoms with Gasteiger partial charge < -0.3 is 4.74 Å². The van der Waals surface area contributed by atoms with Crippen LogP contribution in [0.25, 0.3) is 0 Å². The van der Waals surface area contributed by atoms with Crippen LogP contribution in [-0.2, 0) is 26.1 Å². The van der Waals surface area contributed by atoms with E-state index < -0.39 is 16.0 Å². The van der Waals surface area contributed by atoms with Crippen LogP contribution in [-0.4, -0.2) is 38.1 Å². The van der Waals surface area contributed by atoms with Crippen LogP contribution in [0.2, 0.25) is 0 Å². The molecule has 0 fully saturated rings. The molecule has 0 spiro atoms. The van der Waals surface area contributed by atoms with Gasteiger partial charge in [-0.2, -0.15) is 0 Å². The maximum Gasteiger partial charge on any atom is 0.306 e. The highest BCUT2D eigenvalue weighted by molar-refractivity contribution is 9.10. The van der Waals surface area contributed by atoms with Crippen LogP contribution in [0.15, 0.2) is 28.7 Å². The third kappa shape index (κ3) is 5.60. The lowest BCUT2D eigenvalue weighted by Gasteiger charge is -2.17. The van der Waals surface area contributed by atoms with Gasteiger partial charge in [-0.1, -0.05) is 28.1 Å². The van der Waals surface area contributed by atoms with Crippen molar-refractivity contribution in [1.82, 2.24) is 4.31 Å². The fourth-order valence-corrected chi connectivity index (χ4v) is 2.89. The van der Waals surface area contributed by atoms with Crippen molar-refractivity contribution in [2.75, 3.05) is 19.4 Å². The van der Waals surface area contributed by atoms with Gasteiger partial charge in [0.25, 0.3) is 0 Å². The van der Waals surface area contributed by atoms with Crippen LogP contribution in [0.1, 0.15) is 18.9 Å². The summed E-state index contributed by atoms with van der Waals surface area (Å²) in [5, 5.41) is 0. The Labute approximate surface area is 128 Å². The van der Waals surface area contributed by atoms with E-state index >= 15 is 0 Å². The summed E-state index contributed by atoms with van der Waals surface area (Å²) in [7, 11) is -1.96. The predicted molar refractivity (Wildman–Crippen MR) is 80.6 cm³/mol. The van der Waals surface area contributed by atoms with Gasteiger partial charge in [-0.05, 0) is 24.6 Å². The third-order valence-electron chi connectivity index (χ3n) is 2.66. The molecule has 0 radical (unpaired) electrons. The summed E-state index contributed by atoms with van der Waals surface area (Å²) in [5.74, 6) is -0.730. The number of ether oxygens (including phenoxy) is 1. The molecule has 5 nitrogen and oxygen atoms in total. The first-order chi connectivity index (χ1) is 9.35. The Balaban J connectivity index is 2.58. The average molecular weight is 364 g/mol. The van der Waals surface area contributed by atoms with Gasteiger partial charge in [-0.25, -0.2) is 12.7 Å². The minimum Gasteiger partial charge on any atom is -0.466 e. The monoisotopic (exact) mass is 363 g/mol. The molecule has 0 heterocycles. The first-order valence-electron chi connectivity index (χ1n) is 6.19. The molecule has 0 aromatic heterocycles. The van der Waals surface area contributed by atoms with Crippen molar-refractivity contribution in [1.29, 1.82) is 0 Å². The van der Waals surface area contributed by atoms with E-state index in [9.17, 15) is 13.2 Å². The second-order valence-corrected chi connectivity index (χ2v) is 7.36. The highest BCUT2D eigenvalue weighted by Gasteiger charge is 2.19. The Morgan fingerprint density at radius 2 is 1.90 bits per heavy atom. The van der Waals surface area contributed by atoms with Crippen molar-refractivity contribution in [3.8, 4) is 0 Å². The van der Waals surface area contributed by atoms with Crippen LogP contribution in [0.3, 0.4) is 0 Å². The lowest BCUT2D eigenvalue weighted by atomic mass is 10.2. The molecule has 1 aromatic rings. The third-order valence-corrected chi connectivity index (χ3v) is 4.99. The van der Waals surface area contributed by atoms with E-state index in [0.717, 1.165) is 10.0 Å². The lowest BCUT2D eigenvalue weighted by molar-refractivity contribution is -0.142. The number of sulfonamides is 1. The maximum absolute atomic E-state index is 12.0. The zero-order valence-corrected chi connectivity index (χ0v) is 13.9. The fraction of sp³-hybridized carbons (Fsp3) is 0.462. The SMILES string of the molecule is CCOC(=O)CCS(=O)(=O)N(C)Cc1ccc(Br)cc1. The van der Waals surface area contributed by atoms with E-state index in [2.05, 4.69) is 15.9 Å². The van der Waals surface area contributed by atoms with Crippen LogP contribution >= 0.6 is 15.9 Å². The summed E-state index contributed by atoms with van der Waals surface area (Å²) in [6, 6.07) is 7.41. The Morgan fingerprint density at radius 1 is 1.30 bits per heavy atom. The average Bonchev–Trinajstić information content (AvgIpc) is 2.39. The molecule has 0 amide bonds. The van der Waals surface area contributed by atoms with Crippen LogP contribution < -0.4 is 0 Å². The zero-order chi connectivity index (χ0) is 15.2. The molecule has 0 aliphatic carbocycles. The van der Waals surface area contributed by atoms with Gasteiger partial charge in [0.2, 0.25) is 10.0 Å². The molecule has 0 atom stereocenters. The largest absolute Gasteiger partial charge is 0.466 e. The molecule has 112 valence electrons. The Morgan fingerprint density at radius 3 is 2.45 bits per heavy atom. The van der Waals surface area contributed by atoms with Crippen molar-refractivity contribution in [2.45, 2.75) is 19.9 Å². The Hall–Kier alpha value is -0.920. The minimum atomic E-state index is -3.46. The van der Waals surface area contributed by atoms with E-state index in [4.69, 9.17) is 4.74 Å². The van der Waals surface area contributed by atoms with Gasteiger partial charge in [-0.3, -0.25) is 4.79 Å². The summed E-state index contributed by atoms with van der Waals surface area (Å²) in [5.41, 5.74) is 0.885. The van der Waals surface area contributed by atoms with Crippen molar-refractivity contribution >= 4 is 31.9 Å². The van der Waals surface area contributed by atoms with Crippen LogP contribution in [0.4, 0.5) is 0 Å². The highest BCUT2D eigenvalue weighted by atomic mass is 79.9. The Kier molecular flexibility index (Phi) is 6.64. The molecule has 7 heteroatoms. The van der Waals surface area contributed by atoms with E-state index in [1.807, 2.05) is 24.3 Å². The van der Waals surface area contributed by atoms with Crippen molar-refractivity contribution in [2.24, 2.45) is 0 Å². The molecule has 0 bridgehead atoms. The van der Waals surface area contributed by atoms with E-state index in [1.54, 1.807) is 6.92 Å². The number of halogens is 1. The second kappa shape index (κ2) is 7.75. The normalized spacial score (nSPS) is 11.6. The van der Waals surface area contributed by atoms with Crippen molar-refractivity contribution in [3.05, 3.63) is 34.3 Å². The smallest absolute Gasteiger partial charge is 0.306 e. The number of carbonyl (C=O) groups is 1. The number of rotatable bonds is 7. The molecular weight excluding hydrogens is 346 g/mol. The second-order valence-electron chi connectivity index (χ2n) is 4.25. The van der Waals surface area contributed by atoms with Gasteiger partial charge in [0, 0.05) is 18.1 Å². The number of carbonyl (C=O) groups excluding carboxylic acids is 1. The quantitative estimate of drug-likeness (QED) is 0.696. The van der Waals surface area contributed by atoms with E-state index in [-0.39, 0.29) is 25.3 Å².